The molecule has 0 saturated heterocycles. The van der Waals surface area contributed by atoms with Gasteiger partial charge in [0.1, 0.15) is 0 Å². The van der Waals surface area contributed by atoms with Crippen LogP contribution in [0.25, 0.3) is 0 Å². The molecule has 0 heteroatoms. The van der Waals surface area contributed by atoms with Crippen molar-refractivity contribution in [3.63, 3.8) is 0 Å². The molecule has 0 heterocycles. The van der Waals surface area contributed by atoms with Gasteiger partial charge in [0.05, 0.1) is 0 Å². The van der Waals surface area contributed by atoms with Gasteiger partial charge in [0.15, 0.2) is 0 Å². The topological polar surface area (TPSA) is 0 Å². The minimum absolute atomic E-state index is 0.0973. The van der Waals surface area contributed by atoms with E-state index in [1.807, 2.05) is 13.8 Å². The first kappa shape index (κ1) is 15.0. The monoisotopic (exact) mass is 218 g/mol. The van der Waals surface area contributed by atoms with Crippen LogP contribution in [0.15, 0.2) is 36.4 Å². The normalized spacial score (nSPS) is 10.4. The molecule has 0 spiro atoms. The average Bonchev–Trinajstić information content (AvgIpc) is 2.31. The van der Waals surface area contributed by atoms with Crippen molar-refractivity contribution in [3.05, 3.63) is 47.5 Å². The van der Waals surface area contributed by atoms with Crippen LogP contribution < -0.4 is 0 Å². The summed E-state index contributed by atoms with van der Waals surface area (Å²) < 4.78 is 0. The molecule has 0 aliphatic heterocycles. The van der Waals surface area contributed by atoms with Gasteiger partial charge in [0.2, 0.25) is 0 Å². The largest absolute Gasteiger partial charge is 0.0990 e. The second kappa shape index (κ2) is 6.52. The third-order valence-electron chi connectivity index (χ3n) is 3.13. The molecule has 0 N–H and O–H groups in total. The highest BCUT2D eigenvalue weighted by molar-refractivity contribution is 5.38. The lowest BCUT2D eigenvalue weighted by Crippen LogP contribution is -2.20. The maximum atomic E-state index is 4.16. The Hall–Kier alpha value is -1.04. The summed E-state index contributed by atoms with van der Waals surface area (Å²) in [5.74, 6) is 0. The second-order valence-corrected chi connectivity index (χ2v) is 4.40. The Balaban J connectivity index is 0.00000106. The highest BCUT2D eigenvalue weighted by Gasteiger charge is 2.23. The molecule has 0 nitrogen and oxygen atoms in total. The van der Waals surface area contributed by atoms with Crippen molar-refractivity contribution in [3.8, 4) is 0 Å². The Morgan fingerprint density at radius 1 is 1.19 bits per heavy atom. The Labute approximate surface area is 101 Å². The summed E-state index contributed by atoms with van der Waals surface area (Å²) in [4.78, 5) is 0. The molecule has 1 rings (SSSR count). The van der Waals surface area contributed by atoms with E-state index in [1.165, 1.54) is 16.7 Å². The number of hydrogen-bond acceptors (Lipinski definition) is 0. The zero-order chi connectivity index (χ0) is 12.8. The lowest BCUT2D eigenvalue weighted by molar-refractivity contribution is 0.600. The summed E-state index contributed by atoms with van der Waals surface area (Å²) in [6.07, 6.45) is 1.04. The minimum atomic E-state index is 0.0973. The van der Waals surface area contributed by atoms with Crippen LogP contribution in [-0.2, 0) is 5.41 Å². The van der Waals surface area contributed by atoms with Crippen LogP contribution in [-0.4, -0.2) is 0 Å². The van der Waals surface area contributed by atoms with Gasteiger partial charge in [-0.2, -0.15) is 0 Å². The molecule has 16 heavy (non-hydrogen) atoms. The van der Waals surface area contributed by atoms with Crippen LogP contribution in [0.2, 0.25) is 0 Å². The predicted molar refractivity (Wildman–Crippen MR) is 75.0 cm³/mol. The maximum Gasteiger partial charge on any atom is 0.0105 e. The number of rotatable bonds is 3. The van der Waals surface area contributed by atoms with Crippen molar-refractivity contribution >= 4 is 0 Å². The third-order valence-corrected chi connectivity index (χ3v) is 3.13. The average molecular weight is 218 g/mol. The maximum absolute atomic E-state index is 4.16. The van der Waals surface area contributed by atoms with Gasteiger partial charge in [0.25, 0.3) is 0 Å². The van der Waals surface area contributed by atoms with Crippen LogP contribution in [0, 0.1) is 6.92 Å². The van der Waals surface area contributed by atoms with E-state index >= 15 is 0 Å². The van der Waals surface area contributed by atoms with Crippen LogP contribution in [0.4, 0.5) is 0 Å². The number of allylic oxidation sites excluding steroid dienone is 1. The number of benzene rings is 1. The minimum Gasteiger partial charge on any atom is -0.0990 e. The zero-order valence-electron chi connectivity index (χ0n) is 11.7. The number of hydrogen-bond donors (Lipinski definition) is 0. The highest BCUT2D eigenvalue weighted by atomic mass is 14.3. The molecule has 0 unspecified atom stereocenters. The fourth-order valence-corrected chi connectivity index (χ4v) is 1.91. The summed E-state index contributed by atoms with van der Waals surface area (Å²) in [6, 6.07) is 8.56. The molecule has 0 radical (unpaired) electrons. The summed E-state index contributed by atoms with van der Waals surface area (Å²) in [6.45, 7) is 17.0. The van der Waals surface area contributed by atoms with Crippen molar-refractivity contribution in [2.75, 3.05) is 0 Å². The van der Waals surface area contributed by atoms with Gasteiger partial charge in [0, 0.05) is 5.41 Å². The first-order valence-corrected chi connectivity index (χ1v) is 6.24. The first-order chi connectivity index (χ1) is 7.50. The van der Waals surface area contributed by atoms with E-state index < -0.39 is 0 Å². The second-order valence-electron chi connectivity index (χ2n) is 4.40. The van der Waals surface area contributed by atoms with Gasteiger partial charge in [-0.15, -0.1) is 0 Å². The van der Waals surface area contributed by atoms with Gasteiger partial charge in [-0.25, -0.2) is 0 Å². The molecule has 0 aromatic heterocycles. The van der Waals surface area contributed by atoms with Gasteiger partial charge < -0.3 is 0 Å². The lowest BCUT2D eigenvalue weighted by atomic mass is 9.75. The highest BCUT2D eigenvalue weighted by Crippen LogP contribution is 2.33. The molecule has 0 fully saturated rings. The first-order valence-electron chi connectivity index (χ1n) is 6.24. The molecule has 0 bridgehead atoms. The third kappa shape index (κ3) is 3.23. The van der Waals surface area contributed by atoms with E-state index in [4.69, 9.17) is 0 Å². The van der Waals surface area contributed by atoms with Crippen LogP contribution in [0.5, 0.6) is 0 Å². The Bertz CT molecular complexity index is 332. The quantitative estimate of drug-likeness (QED) is 0.607. The SMILES string of the molecule is C=C(CC)C(C)(C)c1ccccc1C.CC. The Kier molecular flexibility index (Phi) is 6.10. The summed E-state index contributed by atoms with van der Waals surface area (Å²) in [7, 11) is 0. The zero-order valence-corrected chi connectivity index (χ0v) is 11.7. The standard InChI is InChI=1S/C14H20.C2H6/c1-6-12(3)14(4,5)13-10-8-7-9-11(13)2;1-2/h7-10H,3,6H2,1-2,4-5H3;1-2H3. The Morgan fingerprint density at radius 3 is 2.12 bits per heavy atom. The molecular formula is C16H26. The van der Waals surface area contributed by atoms with Crippen molar-refractivity contribution in [2.24, 2.45) is 0 Å². The molecule has 1 aromatic carbocycles. The smallest absolute Gasteiger partial charge is 0.0105 e. The van der Waals surface area contributed by atoms with Crippen LogP contribution >= 0.6 is 0 Å². The van der Waals surface area contributed by atoms with Crippen LogP contribution in [0.1, 0.15) is 52.2 Å². The van der Waals surface area contributed by atoms with Crippen LogP contribution in [0.3, 0.4) is 0 Å². The molecule has 0 amide bonds. The molecule has 0 saturated carbocycles. The molecule has 0 atom stereocenters. The van der Waals surface area contributed by atoms with E-state index in [0.29, 0.717) is 0 Å². The number of aryl methyl sites for hydroxylation is 1. The summed E-state index contributed by atoms with van der Waals surface area (Å²) in [5.41, 5.74) is 4.14. The summed E-state index contributed by atoms with van der Waals surface area (Å²) >= 11 is 0. The molecule has 0 aliphatic rings. The van der Waals surface area contributed by atoms with Gasteiger partial charge >= 0.3 is 0 Å². The van der Waals surface area contributed by atoms with Gasteiger partial charge in [-0.3, -0.25) is 0 Å². The van der Waals surface area contributed by atoms with E-state index in [-0.39, 0.29) is 5.41 Å². The van der Waals surface area contributed by atoms with Crippen molar-refractivity contribution in [1.82, 2.24) is 0 Å². The Morgan fingerprint density at radius 2 is 1.69 bits per heavy atom. The summed E-state index contributed by atoms with van der Waals surface area (Å²) in [5, 5.41) is 0. The molecule has 0 aliphatic carbocycles. The fraction of sp³-hybridized carbons (Fsp3) is 0.500. The van der Waals surface area contributed by atoms with E-state index in [2.05, 4.69) is 58.5 Å². The molecule has 1 aromatic rings. The van der Waals surface area contributed by atoms with E-state index in [0.717, 1.165) is 6.42 Å². The lowest BCUT2D eigenvalue weighted by Gasteiger charge is -2.29. The molecular weight excluding hydrogens is 192 g/mol. The van der Waals surface area contributed by atoms with Crippen molar-refractivity contribution in [1.29, 1.82) is 0 Å². The fourth-order valence-electron chi connectivity index (χ4n) is 1.91. The molecule has 90 valence electrons. The van der Waals surface area contributed by atoms with Gasteiger partial charge in [-0.05, 0) is 24.5 Å². The predicted octanol–water partition coefficient (Wildman–Crippen LogP) is 5.27. The van der Waals surface area contributed by atoms with Gasteiger partial charge in [-0.1, -0.05) is 71.0 Å². The van der Waals surface area contributed by atoms with Crippen molar-refractivity contribution in [2.45, 2.75) is 53.4 Å². The van der Waals surface area contributed by atoms with E-state index in [9.17, 15) is 0 Å². The van der Waals surface area contributed by atoms with Crippen molar-refractivity contribution < 1.29 is 0 Å². The van der Waals surface area contributed by atoms with E-state index in [1.54, 1.807) is 0 Å².